The van der Waals surface area contributed by atoms with Gasteiger partial charge in [0.1, 0.15) is 0 Å². The molecule has 0 fully saturated rings. The van der Waals surface area contributed by atoms with Gasteiger partial charge in [-0.1, -0.05) is 46.8 Å². The molecule has 36 heavy (non-hydrogen) atoms. The molecule has 0 aliphatic rings. The molecule has 0 unspecified atom stereocenters. The number of halogens is 2. The van der Waals surface area contributed by atoms with Crippen LogP contribution in [0.4, 0.5) is 11.4 Å². The third-order valence-corrected chi connectivity index (χ3v) is 6.68. The first kappa shape index (κ1) is 33.0. The fourth-order valence-electron chi connectivity index (χ4n) is 2.59. The Kier molecular flexibility index (Phi) is 12.1. The number of rotatable bonds is 6. The van der Waals surface area contributed by atoms with Crippen LogP contribution in [0.3, 0.4) is 0 Å². The molecule has 178 valence electrons. The van der Waals surface area contributed by atoms with Gasteiger partial charge >= 0.3 is 59.1 Å². The standard InChI is InChI=1S/C20H14Cl2N2O8S2.2Na/c21-15-7-17(23-9-11-5-13(33(27,28)29)1-3-19(11)25)18(8-16(15)22)24-10-12-6-14(34(30,31)32)2-4-20(12)26;;/h1-10,25-26H,(H,27,28,29)(H,30,31,32);;/q;2*+1/p-2. The number of hydrogen-bond acceptors (Lipinski definition) is 8. The van der Waals surface area contributed by atoms with Crippen molar-refractivity contribution in [3.05, 3.63) is 69.7 Å². The van der Waals surface area contributed by atoms with E-state index in [4.69, 9.17) is 32.3 Å². The molecule has 0 spiro atoms. The quantitative estimate of drug-likeness (QED) is 0.175. The third kappa shape index (κ3) is 8.51. The van der Waals surface area contributed by atoms with Gasteiger partial charge < -0.3 is 10.2 Å². The van der Waals surface area contributed by atoms with Gasteiger partial charge in [-0.05, 0) is 47.5 Å². The molecule has 0 atom stereocenters. The SMILES string of the molecule is O=S(=O)(O)c1ccc([O-])c(C=Nc2cc(Cl)c(Cl)cc2N=Cc2cc(S(=O)(=O)O)ccc2[O-])c1.[Na+].[Na+]. The van der Waals surface area contributed by atoms with Gasteiger partial charge in [-0.15, -0.1) is 0 Å². The molecule has 16 heteroatoms. The van der Waals surface area contributed by atoms with Crippen molar-refractivity contribution in [2.75, 3.05) is 0 Å². The van der Waals surface area contributed by atoms with E-state index in [0.717, 1.165) is 48.8 Å². The van der Waals surface area contributed by atoms with E-state index in [-0.39, 0.29) is 91.7 Å². The van der Waals surface area contributed by atoms with Crippen LogP contribution in [-0.4, -0.2) is 38.4 Å². The molecule has 0 radical (unpaired) electrons. The van der Waals surface area contributed by atoms with Gasteiger partial charge in [-0.3, -0.25) is 19.1 Å². The molecule has 0 aliphatic heterocycles. The average Bonchev–Trinajstić information content (AvgIpc) is 2.73. The van der Waals surface area contributed by atoms with E-state index < -0.39 is 41.5 Å². The number of hydrogen-bond donors (Lipinski definition) is 2. The molecule has 0 aromatic heterocycles. The number of aliphatic imine (C=N–C) groups is 2. The fraction of sp³-hybridized carbons (Fsp3) is 0. The maximum atomic E-state index is 12.0. The van der Waals surface area contributed by atoms with E-state index in [2.05, 4.69) is 9.98 Å². The summed E-state index contributed by atoms with van der Waals surface area (Å²) in [5.74, 6) is -1.17. The van der Waals surface area contributed by atoms with Gasteiger partial charge in [0, 0.05) is 12.4 Å². The topological polar surface area (TPSA) is 180 Å². The molecule has 2 N–H and O–H groups in total. The normalized spacial score (nSPS) is 11.9. The second-order valence-corrected chi connectivity index (χ2v) is 10.3. The van der Waals surface area contributed by atoms with Gasteiger partial charge in [-0.25, -0.2) is 0 Å². The van der Waals surface area contributed by atoms with E-state index in [1.54, 1.807) is 0 Å². The van der Waals surface area contributed by atoms with E-state index in [9.17, 15) is 27.0 Å². The second kappa shape index (κ2) is 13.2. The van der Waals surface area contributed by atoms with Gasteiger partial charge in [0.05, 0.1) is 31.2 Å². The molecule has 0 aliphatic carbocycles. The van der Waals surface area contributed by atoms with Gasteiger partial charge in [0.2, 0.25) is 0 Å². The Morgan fingerprint density at radius 3 is 1.31 bits per heavy atom. The van der Waals surface area contributed by atoms with Crippen LogP contribution in [-0.2, 0) is 20.2 Å². The zero-order valence-electron chi connectivity index (χ0n) is 18.6. The Hall–Kier alpha value is -1.000. The molecule has 10 nitrogen and oxygen atoms in total. The first-order valence-electron chi connectivity index (χ1n) is 8.90. The summed E-state index contributed by atoms with van der Waals surface area (Å²) in [4.78, 5) is 7.14. The molecular formula is C20H12Cl2N2Na2O8S2. The summed E-state index contributed by atoms with van der Waals surface area (Å²) in [6, 6.07) is 8.18. The van der Waals surface area contributed by atoms with E-state index in [1.807, 2.05) is 0 Å². The molecule has 0 saturated carbocycles. The average molecular weight is 589 g/mol. The van der Waals surface area contributed by atoms with Crippen LogP contribution in [0.1, 0.15) is 11.1 Å². The molecule has 3 rings (SSSR count). The van der Waals surface area contributed by atoms with Crippen LogP contribution >= 0.6 is 23.2 Å². The van der Waals surface area contributed by atoms with E-state index in [1.165, 1.54) is 12.1 Å². The summed E-state index contributed by atoms with van der Waals surface area (Å²) in [6.45, 7) is 0. The maximum Gasteiger partial charge on any atom is 1.00 e. The molecule has 3 aromatic carbocycles. The minimum atomic E-state index is -4.56. The van der Waals surface area contributed by atoms with Crippen LogP contribution in [0.25, 0.3) is 0 Å². The summed E-state index contributed by atoms with van der Waals surface area (Å²) >= 11 is 12.0. The molecule has 0 saturated heterocycles. The van der Waals surface area contributed by atoms with Crippen molar-refractivity contribution >= 4 is 67.2 Å². The second-order valence-electron chi connectivity index (χ2n) is 6.62. The predicted molar refractivity (Wildman–Crippen MR) is 122 cm³/mol. The van der Waals surface area contributed by atoms with Crippen LogP contribution in [0.2, 0.25) is 10.0 Å². The Bertz CT molecular complexity index is 1450. The Morgan fingerprint density at radius 1 is 0.667 bits per heavy atom. The number of nitrogens with zero attached hydrogens (tertiary/aromatic N) is 2. The van der Waals surface area contributed by atoms with Crippen LogP contribution in [0.15, 0.2) is 68.3 Å². The van der Waals surface area contributed by atoms with Crippen LogP contribution in [0, 0.1) is 0 Å². The van der Waals surface area contributed by atoms with Crippen molar-refractivity contribution in [2.45, 2.75) is 9.79 Å². The summed E-state index contributed by atoms with van der Waals surface area (Å²) in [6.07, 6.45) is 2.04. The summed E-state index contributed by atoms with van der Waals surface area (Å²) in [5, 5.41) is 24.2. The fourth-order valence-corrected chi connectivity index (χ4v) is 3.93. The monoisotopic (exact) mass is 588 g/mol. The minimum absolute atomic E-state index is 0. The molecular weight excluding hydrogens is 577 g/mol. The van der Waals surface area contributed by atoms with Crippen molar-refractivity contribution in [2.24, 2.45) is 9.98 Å². The van der Waals surface area contributed by atoms with Crippen molar-refractivity contribution < 1.29 is 95.3 Å². The van der Waals surface area contributed by atoms with Gasteiger partial charge in [0.25, 0.3) is 20.2 Å². The summed E-state index contributed by atoms with van der Waals surface area (Å²) < 4.78 is 63.6. The first-order chi connectivity index (χ1) is 15.8. The third-order valence-electron chi connectivity index (χ3n) is 4.26. The number of benzene rings is 3. The summed E-state index contributed by atoms with van der Waals surface area (Å²) in [5.41, 5.74) is -0.223. The zero-order valence-corrected chi connectivity index (χ0v) is 25.7. The van der Waals surface area contributed by atoms with Crippen molar-refractivity contribution in [3.63, 3.8) is 0 Å². The Morgan fingerprint density at radius 2 is 1.00 bits per heavy atom. The summed E-state index contributed by atoms with van der Waals surface area (Å²) in [7, 11) is -9.11. The molecule has 3 aromatic rings. The molecule has 0 amide bonds. The van der Waals surface area contributed by atoms with Gasteiger partial charge in [-0.2, -0.15) is 16.8 Å². The maximum absolute atomic E-state index is 12.0. The predicted octanol–water partition coefficient (Wildman–Crippen LogP) is -2.86. The Labute approximate surface area is 260 Å². The molecule has 0 heterocycles. The Balaban J connectivity index is 0.00000324. The van der Waals surface area contributed by atoms with Crippen molar-refractivity contribution in [3.8, 4) is 11.5 Å². The smallest absolute Gasteiger partial charge is 0.872 e. The zero-order chi connectivity index (χ0) is 25.3. The van der Waals surface area contributed by atoms with Gasteiger partial charge in [0.15, 0.2) is 0 Å². The van der Waals surface area contributed by atoms with E-state index >= 15 is 0 Å². The van der Waals surface area contributed by atoms with E-state index in [0.29, 0.717) is 0 Å². The minimum Gasteiger partial charge on any atom is -0.872 e. The van der Waals surface area contributed by atoms with Crippen LogP contribution in [0.5, 0.6) is 11.5 Å². The van der Waals surface area contributed by atoms with Crippen molar-refractivity contribution in [1.29, 1.82) is 0 Å². The molecule has 0 bridgehead atoms. The van der Waals surface area contributed by atoms with Crippen molar-refractivity contribution in [1.82, 2.24) is 0 Å². The van der Waals surface area contributed by atoms with Crippen LogP contribution < -0.4 is 69.3 Å². The largest absolute Gasteiger partial charge is 1.00 e. The first-order valence-corrected chi connectivity index (χ1v) is 12.5.